The first-order chi connectivity index (χ1) is 12.8. The third kappa shape index (κ3) is 6.92. The van der Waals surface area contributed by atoms with Gasteiger partial charge in [-0.25, -0.2) is 0 Å². The normalized spacial score (nSPS) is 10.6. The van der Waals surface area contributed by atoms with Crippen molar-refractivity contribution in [2.75, 3.05) is 26.7 Å². The van der Waals surface area contributed by atoms with Crippen LogP contribution in [0.15, 0.2) is 42.5 Å². The Hall–Kier alpha value is -2.57. The van der Waals surface area contributed by atoms with Crippen molar-refractivity contribution in [3.05, 3.63) is 64.2 Å². The lowest BCUT2D eigenvalue weighted by molar-refractivity contribution is -0.122. The Morgan fingerprint density at radius 1 is 1.07 bits per heavy atom. The summed E-state index contributed by atoms with van der Waals surface area (Å²) in [7, 11) is 1.81. The van der Waals surface area contributed by atoms with Crippen LogP contribution in [0.3, 0.4) is 0 Å². The molecular formula is C20H24ClN3O3. The quantitative estimate of drug-likeness (QED) is 0.714. The number of aryl methyl sites for hydroxylation is 2. The first-order valence-electron chi connectivity index (χ1n) is 8.58. The van der Waals surface area contributed by atoms with Crippen LogP contribution in [0.2, 0.25) is 5.02 Å². The summed E-state index contributed by atoms with van der Waals surface area (Å²) >= 11 is 5.95. The summed E-state index contributed by atoms with van der Waals surface area (Å²) in [6, 6.07) is 12.7. The molecule has 2 aromatic rings. The standard InChI is InChI=1S/C20H24ClN3O3/c1-14-10-15(2)12-16(11-14)27-9-8-24(3)13-19(25)22-23-20(26)17-6-4-5-7-18(17)21/h4-7,10-12H,8-9,13H2,1-3H3,(H,22,25)(H,23,26). The van der Waals surface area contributed by atoms with Gasteiger partial charge in [-0.05, 0) is 56.3 Å². The van der Waals surface area contributed by atoms with Gasteiger partial charge in [0.1, 0.15) is 12.4 Å². The fourth-order valence-electron chi connectivity index (χ4n) is 2.54. The molecule has 0 heterocycles. The van der Waals surface area contributed by atoms with Gasteiger partial charge < -0.3 is 4.74 Å². The van der Waals surface area contributed by atoms with Gasteiger partial charge in [0.25, 0.3) is 11.8 Å². The molecule has 0 aliphatic carbocycles. The second-order valence-electron chi connectivity index (χ2n) is 6.39. The number of carbonyl (C=O) groups excluding carboxylic acids is 2. The van der Waals surface area contributed by atoms with Crippen molar-refractivity contribution in [1.82, 2.24) is 15.8 Å². The number of carbonyl (C=O) groups is 2. The van der Waals surface area contributed by atoms with E-state index in [-0.39, 0.29) is 12.5 Å². The Morgan fingerprint density at radius 3 is 2.41 bits per heavy atom. The van der Waals surface area contributed by atoms with Gasteiger partial charge in [-0.2, -0.15) is 0 Å². The van der Waals surface area contributed by atoms with Crippen LogP contribution in [0.5, 0.6) is 5.75 Å². The van der Waals surface area contributed by atoms with Gasteiger partial charge in [-0.15, -0.1) is 0 Å². The van der Waals surface area contributed by atoms with Gasteiger partial charge >= 0.3 is 0 Å². The number of nitrogens with zero attached hydrogens (tertiary/aromatic N) is 1. The third-order valence-electron chi connectivity index (χ3n) is 3.78. The zero-order valence-corrected chi connectivity index (χ0v) is 16.5. The molecule has 2 rings (SSSR count). The minimum Gasteiger partial charge on any atom is -0.492 e. The van der Waals surface area contributed by atoms with Gasteiger partial charge in [0.2, 0.25) is 0 Å². The minimum absolute atomic E-state index is 0.124. The van der Waals surface area contributed by atoms with Gasteiger partial charge in [-0.3, -0.25) is 25.3 Å². The van der Waals surface area contributed by atoms with Gasteiger partial charge in [-0.1, -0.05) is 29.8 Å². The lowest BCUT2D eigenvalue weighted by atomic mass is 10.1. The van der Waals surface area contributed by atoms with E-state index in [2.05, 4.69) is 16.9 Å². The SMILES string of the molecule is Cc1cc(C)cc(OCCN(C)CC(=O)NNC(=O)c2ccccc2Cl)c1. The topological polar surface area (TPSA) is 70.7 Å². The van der Waals surface area contributed by atoms with Crippen LogP contribution in [-0.4, -0.2) is 43.5 Å². The van der Waals surface area contributed by atoms with Gasteiger partial charge in [0.05, 0.1) is 17.1 Å². The lowest BCUT2D eigenvalue weighted by Gasteiger charge is -2.17. The lowest BCUT2D eigenvalue weighted by Crippen LogP contribution is -2.46. The summed E-state index contributed by atoms with van der Waals surface area (Å²) in [6.07, 6.45) is 0. The van der Waals surface area contributed by atoms with E-state index >= 15 is 0 Å². The monoisotopic (exact) mass is 389 g/mol. The van der Waals surface area contributed by atoms with Crippen molar-refractivity contribution in [1.29, 1.82) is 0 Å². The molecule has 6 nitrogen and oxygen atoms in total. The molecule has 2 N–H and O–H groups in total. The van der Waals surface area contributed by atoms with E-state index in [1.54, 1.807) is 36.2 Å². The molecule has 0 aromatic heterocycles. The van der Waals surface area contributed by atoms with E-state index < -0.39 is 5.91 Å². The van der Waals surface area contributed by atoms with Crippen LogP contribution in [0.25, 0.3) is 0 Å². The van der Waals surface area contributed by atoms with Crippen molar-refractivity contribution in [3.8, 4) is 5.75 Å². The summed E-state index contributed by atoms with van der Waals surface area (Å²) in [5.74, 6) is 0.0245. The van der Waals surface area contributed by atoms with Crippen molar-refractivity contribution < 1.29 is 14.3 Å². The first-order valence-corrected chi connectivity index (χ1v) is 8.96. The molecule has 144 valence electrons. The Balaban J connectivity index is 1.70. The van der Waals surface area contributed by atoms with Crippen molar-refractivity contribution in [2.45, 2.75) is 13.8 Å². The van der Waals surface area contributed by atoms with E-state index in [1.807, 2.05) is 26.0 Å². The van der Waals surface area contributed by atoms with Crippen molar-refractivity contribution in [2.24, 2.45) is 0 Å². The molecule has 0 aliphatic heterocycles. The Bertz CT molecular complexity index is 791. The average Bonchev–Trinajstić information content (AvgIpc) is 2.59. The number of hydrogen-bond donors (Lipinski definition) is 2. The molecule has 0 aliphatic rings. The van der Waals surface area contributed by atoms with E-state index in [0.29, 0.717) is 23.7 Å². The molecule has 0 atom stereocenters. The second kappa shape index (κ2) is 9.94. The third-order valence-corrected chi connectivity index (χ3v) is 4.11. The van der Waals surface area contributed by atoms with Crippen LogP contribution in [-0.2, 0) is 4.79 Å². The zero-order valence-electron chi connectivity index (χ0n) is 15.7. The molecule has 0 radical (unpaired) electrons. The summed E-state index contributed by atoms with van der Waals surface area (Å²) in [6.45, 7) is 5.19. The molecule has 0 spiro atoms. The minimum atomic E-state index is -0.463. The first kappa shape index (κ1) is 20.7. The van der Waals surface area contributed by atoms with Crippen LogP contribution < -0.4 is 15.6 Å². The highest BCUT2D eigenvalue weighted by atomic mass is 35.5. The zero-order chi connectivity index (χ0) is 19.8. The summed E-state index contributed by atoms with van der Waals surface area (Å²) < 4.78 is 5.73. The largest absolute Gasteiger partial charge is 0.492 e. The fourth-order valence-corrected chi connectivity index (χ4v) is 2.76. The maximum absolute atomic E-state index is 12.0. The van der Waals surface area contributed by atoms with Crippen molar-refractivity contribution in [3.63, 3.8) is 0 Å². The maximum Gasteiger partial charge on any atom is 0.271 e. The van der Waals surface area contributed by atoms with E-state index in [9.17, 15) is 9.59 Å². The molecule has 0 saturated carbocycles. The Morgan fingerprint density at radius 2 is 1.74 bits per heavy atom. The number of ether oxygens (including phenoxy) is 1. The highest BCUT2D eigenvalue weighted by molar-refractivity contribution is 6.33. The molecule has 0 saturated heterocycles. The molecule has 0 fully saturated rings. The van der Waals surface area contributed by atoms with E-state index in [1.165, 1.54) is 0 Å². The van der Waals surface area contributed by atoms with E-state index in [0.717, 1.165) is 16.9 Å². The number of likely N-dealkylation sites (N-methyl/N-ethyl adjacent to an activating group) is 1. The molecule has 0 bridgehead atoms. The van der Waals surface area contributed by atoms with Crippen LogP contribution in [0.1, 0.15) is 21.5 Å². The van der Waals surface area contributed by atoms with Crippen LogP contribution in [0.4, 0.5) is 0 Å². The van der Waals surface area contributed by atoms with Crippen LogP contribution in [0, 0.1) is 13.8 Å². The molecule has 27 heavy (non-hydrogen) atoms. The highest BCUT2D eigenvalue weighted by Gasteiger charge is 2.11. The summed E-state index contributed by atoms with van der Waals surface area (Å²) in [4.78, 5) is 25.8. The molecule has 0 unspecified atom stereocenters. The smallest absolute Gasteiger partial charge is 0.271 e. The molecular weight excluding hydrogens is 366 g/mol. The number of hydrogen-bond acceptors (Lipinski definition) is 4. The van der Waals surface area contributed by atoms with Crippen molar-refractivity contribution >= 4 is 23.4 Å². The summed E-state index contributed by atoms with van der Waals surface area (Å²) in [5, 5.41) is 0.324. The number of nitrogens with one attached hydrogen (secondary N) is 2. The maximum atomic E-state index is 12.0. The number of benzene rings is 2. The predicted octanol–water partition coefficient (Wildman–Crippen LogP) is 2.73. The molecule has 7 heteroatoms. The number of amides is 2. The fraction of sp³-hybridized carbons (Fsp3) is 0.300. The van der Waals surface area contributed by atoms with Gasteiger partial charge in [0, 0.05) is 6.54 Å². The van der Waals surface area contributed by atoms with Crippen LogP contribution >= 0.6 is 11.6 Å². The predicted molar refractivity (Wildman–Crippen MR) is 106 cm³/mol. The average molecular weight is 390 g/mol. The molecule has 2 amide bonds. The van der Waals surface area contributed by atoms with E-state index in [4.69, 9.17) is 16.3 Å². The molecule has 2 aromatic carbocycles. The number of hydrazine groups is 1. The highest BCUT2D eigenvalue weighted by Crippen LogP contribution is 2.16. The Kier molecular flexibility index (Phi) is 7.64. The second-order valence-corrected chi connectivity index (χ2v) is 6.80. The number of rotatable bonds is 7. The summed E-state index contributed by atoms with van der Waals surface area (Å²) in [5.41, 5.74) is 7.33. The number of halogens is 1. The van der Waals surface area contributed by atoms with Gasteiger partial charge in [0.15, 0.2) is 0 Å². The Labute approximate surface area is 164 Å².